The summed E-state index contributed by atoms with van der Waals surface area (Å²) in [6.45, 7) is 10.8. The Morgan fingerprint density at radius 3 is 2.43 bits per heavy atom. The maximum atomic E-state index is 12.2. The van der Waals surface area contributed by atoms with Crippen LogP contribution in [0.5, 0.6) is 0 Å². The average molecular weight is 298 g/mol. The van der Waals surface area contributed by atoms with Crippen LogP contribution in [0.1, 0.15) is 34.1 Å². The molecule has 1 saturated carbocycles. The molecule has 2 N–H and O–H groups in total. The molecular weight excluding hydrogens is 272 g/mol. The lowest BCUT2D eigenvalue weighted by molar-refractivity contribution is -0.141. The van der Waals surface area contributed by atoms with Crippen molar-refractivity contribution in [1.29, 1.82) is 0 Å². The molecule has 0 bridgehead atoms. The third kappa shape index (κ3) is 3.15. The number of hydrogen-bond donors (Lipinski definition) is 2. The number of amides is 2. The summed E-state index contributed by atoms with van der Waals surface area (Å²) in [6, 6.07) is -0.118. The Morgan fingerprint density at radius 2 is 1.90 bits per heavy atom. The van der Waals surface area contributed by atoms with Crippen molar-refractivity contribution in [3.05, 3.63) is 0 Å². The van der Waals surface area contributed by atoms with Crippen LogP contribution < -0.4 is 5.32 Å². The fourth-order valence-corrected chi connectivity index (χ4v) is 3.37. The van der Waals surface area contributed by atoms with Gasteiger partial charge >= 0.3 is 12.0 Å². The molecule has 1 unspecified atom stereocenters. The van der Waals surface area contributed by atoms with Crippen LogP contribution in [0.3, 0.4) is 0 Å². The molecule has 0 aromatic rings. The van der Waals surface area contributed by atoms with Gasteiger partial charge in [0.1, 0.15) is 0 Å². The van der Waals surface area contributed by atoms with Gasteiger partial charge in [-0.2, -0.15) is 0 Å². The summed E-state index contributed by atoms with van der Waals surface area (Å²) in [5.74, 6) is -0.423. The fraction of sp³-hybridized carbons (Fsp3) is 0.867. The van der Waals surface area contributed by atoms with Gasteiger partial charge in [-0.1, -0.05) is 27.7 Å². The van der Waals surface area contributed by atoms with E-state index in [0.717, 1.165) is 0 Å². The molecular formula is C15H26N2O4. The maximum absolute atomic E-state index is 12.2. The van der Waals surface area contributed by atoms with Crippen molar-refractivity contribution >= 4 is 12.0 Å². The van der Waals surface area contributed by atoms with Crippen LogP contribution >= 0.6 is 0 Å². The van der Waals surface area contributed by atoms with E-state index < -0.39 is 12.1 Å². The van der Waals surface area contributed by atoms with E-state index in [-0.39, 0.29) is 23.3 Å². The minimum absolute atomic E-state index is 0.0630. The molecule has 0 radical (unpaired) electrons. The zero-order valence-electron chi connectivity index (χ0n) is 13.3. The molecule has 2 amide bonds. The second-order valence-corrected chi connectivity index (χ2v) is 7.22. The first kappa shape index (κ1) is 16.1. The standard InChI is InChI=1S/C15H26N2O4/c1-14(2)11(15(14,3)4)8-16-13(20)17-5-6-21-10(9-17)7-12(18)19/h10-11H,5-9H2,1-4H3,(H,16,20)(H,18,19). The molecule has 0 spiro atoms. The van der Waals surface area contributed by atoms with Gasteiger partial charge in [0.15, 0.2) is 0 Å². The second-order valence-electron chi connectivity index (χ2n) is 7.22. The molecule has 21 heavy (non-hydrogen) atoms. The van der Waals surface area contributed by atoms with Gasteiger partial charge in [0, 0.05) is 19.6 Å². The number of ether oxygens (including phenoxy) is 1. The minimum atomic E-state index is -0.899. The number of nitrogens with one attached hydrogen (secondary N) is 1. The number of carboxylic acid groups (broad SMARTS) is 1. The monoisotopic (exact) mass is 298 g/mol. The highest BCUT2D eigenvalue weighted by Gasteiger charge is 2.64. The van der Waals surface area contributed by atoms with Gasteiger partial charge in [-0.05, 0) is 16.7 Å². The quantitative estimate of drug-likeness (QED) is 0.825. The molecule has 1 aliphatic heterocycles. The van der Waals surface area contributed by atoms with E-state index in [1.54, 1.807) is 4.90 Å². The SMILES string of the molecule is CC1(C)C(CNC(=O)N2CCOC(CC(=O)O)C2)C1(C)C. The first-order valence-corrected chi connectivity index (χ1v) is 7.52. The first-order valence-electron chi connectivity index (χ1n) is 7.52. The first-order chi connectivity index (χ1) is 9.66. The largest absolute Gasteiger partial charge is 0.481 e. The van der Waals surface area contributed by atoms with Crippen LogP contribution in [0.15, 0.2) is 0 Å². The molecule has 0 aromatic carbocycles. The number of carboxylic acids is 1. The topological polar surface area (TPSA) is 78.9 Å². The van der Waals surface area contributed by atoms with Gasteiger partial charge < -0.3 is 20.1 Å². The zero-order chi connectivity index (χ0) is 15.8. The third-order valence-electron chi connectivity index (χ3n) is 5.61. The second kappa shape index (κ2) is 5.48. The van der Waals surface area contributed by atoms with Crippen molar-refractivity contribution in [1.82, 2.24) is 10.2 Å². The van der Waals surface area contributed by atoms with E-state index in [4.69, 9.17) is 9.84 Å². The summed E-state index contributed by atoms with van der Waals surface area (Å²) in [6.07, 6.45) is -0.470. The van der Waals surface area contributed by atoms with Gasteiger partial charge in [0.2, 0.25) is 0 Å². The Morgan fingerprint density at radius 1 is 1.29 bits per heavy atom. The van der Waals surface area contributed by atoms with Gasteiger partial charge in [-0.25, -0.2) is 4.79 Å². The van der Waals surface area contributed by atoms with E-state index in [1.165, 1.54) is 0 Å². The fourth-order valence-electron chi connectivity index (χ4n) is 3.37. The summed E-state index contributed by atoms with van der Waals surface area (Å²) in [5.41, 5.74) is 0.494. The lowest BCUT2D eigenvalue weighted by Crippen LogP contribution is -2.50. The Kier molecular flexibility index (Phi) is 4.19. The third-order valence-corrected chi connectivity index (χ3v) is 5.61. The number of carbonyl (C=O) groups excluding carboxylic acids is 1. The summed E-state index contributed by atoms with van der Waals surface area (Å²) < 4.78 is 5.37. The van der Waals surface area contributed by atoms with Crippen LogP contribution in [0, 0.1) is 16.7 Å². The Bertz CT molecular complexity index is 419. The molecule has 1 saturated heterocycles. The molecule has 0 aromatic heterocycles. The molecule has 6 heteroatoms. The number of carbonyl (C=O) groups is 2. The number of aliphatic carboxylic acids is 1. The number of urea groups is 1. The van der Waals surface area contributed by atoms with Crippen molar-refractivity contribution in [3.8, 4) is 0 Å². The molecule has 2 rings (SSSR count). The maximum Gasteiger partial charge on any atom is 0.317 e. The van der Waals surface area contributed by atoms with Crippen LogP contribution in [0.4, 0.5) is 4.79 Å². The molecule has 2 aliphatic rings. The van der Waals surface area contributed by atoms with E-state index in [0.29, 0.717) is 32.2 Å². The Balaban J connectivity index is 1.80. The molecule has 6 nitrogen and oxygen atoms in total. The molecule has 2 fully saturated rings. The Hall–Kier alpha value is -1.30. The van der Waals surface area contributed by atoms with Crippen LogP contribution in [0.25, 0.3) is 0 Å². The summed E-state index contributed by atoms with van der Waals surface area (Å²) in [5, 5.41) is 11.8. The van der Waals surface area contributed by atoms with Crippen LogP contribution in [0.2, 0.25) is 0 Å². The van der Waals surface area contributed by atoms with E-state index >= 15 is 0 Å². The van der Waals surface area contributed by atoms with E-state index in [9.17, 15) is 9.59 Å². The van der Waals surface area contributed by atoms with E-state index in [1.807, 2.05) is 0 Å². The van der Waals surface area contributed by atoms with Gasteiger partial charge in [0.25, 0.3) is 0 Å². The minimum Gasteiger partial charge on any atom is -0.481 e. The lowest BCUT2D eigenvalue weighted by Gasteiger charge is -2.32. The smallest absolute Gasteiger partial charge is 0.317 e. The van der Waals surface area contributed by atoms with E-state index in [2.05, 4.69) is 33.0 Å². The number of rotatable bonds is 4. The van der Waals surface area contributed by atoms with Crippen molar-refractivity contribution in [2.45, 2.75) is 40.2 Å². The van der Waals surface area contributed by atoms with Gasteiger partial charge in [-0.15, -0.1) is 0 Å². The lowest BCUT2D eigenvalue weighted by atomic mass is 10.0. The van der Waals surface area contributed by atoms with Crippen molar-refractivity contribution in [3.63, 3.8) is 0 Å². The summed E-state index contributed by atoms with van der Waals surface area (Å²) in [4.78, 5) is 24.6. The van der Waals surface area contributed by atoms with Crippen molar-refractivity contribution < 1.29 is 19.4 Å². The summed E-state index contributed by atoms with van der Waals surface area (Å²) >= 11 is 0. The zero-order valence-corrected chi connectivity index (χ0v) is 13.3. The molecule has 1 aliphatic carbocycles. The molecule has 120 valence electrons. The molecule has 1 atom stereocenters. The highest BCUT2D eigenvalue weighted by molar-refractivity contribution is 5.74. The summed E-state index contributed by atoms with van der Waals surface area (Å²) in [7, 11) is 0. The highest BCUT2D eigenvalue weighted by Crippen LogP contribution is 2.67. The van der Waals surface area contributed by atoms with Crippen LogP contribution in [-0.4, -0.2) is 54.4 Å². The van der Waals surface area contributed by atoms with Crippen molar-refractivity contribution in [2.24, 2.45) is 16.7 Å². The predicted molar refractivity (Wildman–Crippen MR) is 78.0 cm³/mol. The van der Waals surface area contributed by atoms with Crippen molar-refractivity contribution in [2.75, 3.05) is 26.2 Å². The van der Waals surface area contributed by atoms with Gasteiger partial charge in [0.05, 0.1) is 19.1 Å². The normalized spacial score (nSPS) is 27.2. The van der Waals surface area contributed by atoms with Crippen LogP contribution in [-0.2, 0) is 9.53 Å². The van der Waals surface area contributed by atoms with Gasteiger partial charge in [-0.3, -0.25) is 4.79 Å². The highest BCUT2D eigenvalue weighted by atomic mass is 16.5. The average Bonchev–Trinajstić information content (AvgIpc) is 2.76. The Labute approximate surface area is 125 Å². The number of nitrogens with zero attached hydrogens (tertiary/aromatic N) is 1. The predicted octanol–water partition coefficient (Wildman–Crippen LogP) is 1.55. The number of hydrogen-bond acceptors (Lipinski definition) is 3. The molecule has 1 heterocycles. The number of morpholine rings is 1.